The van der Waals surface area contributed by atoms with Crippen LogP contribution in [0.2, 0.25) is 0 Å². The molecule has 2 amide bonds. The monoisotopic (exact) mass is 372 g/mol. The van der Waals surface area contributed by atoms with E-state index in [9.17, 15) is 14.4 Å². The van der Waals surface area contributed by atoms with Crippen molar-refractivity contribution >= 4 is 29.2 Å². The van der Waals surface area contributed by atoms with E-state index < -0.39 is 11.9 Å². The van der Waals surface area contributed by atoms with Crippen LogP contribution in [0.1, 0.15) is 17.3 Å². The molecule has 8 nitrogen and oxygen atoms in total. The fraction of sp³-hybridized carbons (Fsp3) is 0.211. The Morgan fingerprint density at radius 2 is 1.70 bits per heavy atom. The van der Waals surface area contributed by atoms with E-state index in [0.717, 1.165) is 0 Å². The number of anilines is 2. The van der Waals surface area contributed by atoms with Crippen molar-refractivity contribution in [3.8, 4) is 11.5 Å². The van der Waals surface area contributed by atoms with E-state index in [2.05, 4.69) is 15.4 Å². The van der Waals surface area contributed by atoms with Crippen LogP contribution in [0.15, 0.2) is 42.5 Å². The lowest BCUT2D eigenvalue weighted by Crippen LogP contribution is -2.21. The van der Waals surface area contributed by atoms with Crippen LogP contribution in [0, 0.1) is 0 Å². The number of esters is 1. The first-order chi connectivity index (χ1) is 12.9. The van der Waals surface area contributed by atoms with Crippen LogP contribution in [0.25, 0.3) is 0 Å². The fourth-order valence-electron chi connectivity index (χ4n) is 2.29. The molecule has 0 saturated carbocycles. The number of rotatable bonds is 7. The number of hydrogen-bond donors (Lipinski definition) is 2. The first kappa shape index (κ1) is 19.8. The molecule has 0 aliphatic heterocycles. The first-order valence-corrected chi connectivity index (χ1v) is 8.00. The van der Waals surface area contributed by atoms with Crippen molar-refractivity contribution in [2.24, 2.45) is 0 Å². The molecule has 0 atom stereocenters. The van der Waals surface area contributed by atoms with Gasteiger partial charge in [-0.25, -0.2) is 4.79 Å². The van der Waals surface area contributed by atoms with E-state index in [4.69, 9.17) is 9.47 Å². The molecule has 0 unspecified atom stereocenters. The van der Waals surface area contributed by atoms with E-state index in [1.807, 2.05) is 0 Å². The van der Waals surface area contributed by atoms with Gasteiger partial charge in [0, 0.05) is 12.6 Å². The summed E-state index contributed by atoms with van der Waals surface area (Å²) in [6.07, 6.45) is 0. The summed E-state index contributed by atoms with van der Waals surface area (Å²) in [6.45, 7) is 1.05. The zero-order chi connectivity index (χ0) is 19.8. The van der Waals surface area contributed by atoms with E-state index in [1.54, 1.807) is 42.5 Å². The van der Waals surface area contributed by atoms with Crippen LogP contribution in [-0.2, 0) is 14.3 Å². The number of methoxy groups -OCH3 is 2. The summed E-state index contributed by atoms with van der Waals surface area (Å²) < 4.78 is 15.3. The Hall–Kier alpha value is -3.55. The third kappa shape index (κ3) is 5.46. The predicted octanol–water partition coefficient (Wildman–Crippen LogP) is 2.46. The van der Waals surface area contributed by atoms with Gasteiger partial charge in [-0.3, -0.25) is 9.59 Å². The van der Waals surface area contributed by atoms with Gasteiger partial charge in [0.1, 0.15) is 17.1 Å². The fourth-order valence-corrected chi connectivity index (χ4v) is 2.29. The van der Waals surface area contributed by atoms with Crippen molar-refractivity contribution in [2.75, 3.05) is 31.5 Å². The first-order valence-electron chi connectivity index (χ1n) is 8.00. The molecule has 0 aliphatic rings. The van der Waals surface area contributed by atoms with Gasteiger partial charge in [0.2, 0.25) is 5.91 Å². The van der Waals surface area contributed by atoms with E-state index in [-0.39, 0.29) is 23.8 Å². The molecule has 0 aromatic heterocycles. The summed E-state index contributed by atoms with van der Waals surface area (Å²) in [6, 6.07) is 11.3. The highest BCUT2D eigenvalue weighted by Gasteiger charge is 2.14. The Labute approximate surface area is 156 Å². The van der Waals surface area contributed by atoms with Crippen LogP contribution in [0.5, 0.6) is 11.5 Å². The van der Waals surface area contributed by atoms with Crippen LogP contribution in [-0.4, -0.2) is 38.6 Å². The van der Waals surface area contributed by atoms with Crippen molar-refractivity contribution in [1.29, 1.82) is 0 Å². The molecule has 0 heterocycles. The standard InChI is InChI=1S/C19H20N2O6/c1-12(22)20-13-8-9-17(25-2)15(10-13)21-18(23)11-27-16-7-5-4-6-14(16)19(24)26-3/h4-10H,11H2,1-3H3,(H,20,22)(H,21,23). The zero-order valence-electron chi connectivity index (χ0n) is 15.2. The Bertz CT molecular complexity index is 850. The van der Waals surface area contributed by atoms with Gasteiger partial charge in [-0.2, -0.15) is 0 Å². The maximum Gasteiger partial charge on any atom is 0.341 e. The van der Waals surface area contributed by atoms with Crippen molar-refractivity contribution in [3.05, 3.63) is 48.0 Å². The van der Waals surface area contributed by atoms with Crippen LogP contribution >= 0.6 is 0 Å². The van der Waals surface area contributed by atoms with E-state index >= 15 is 0 Å². The molecule has 0 saturated heterocycles. The average molecular weight is 372 g/mol. The molecule has 0 aliphatic carbocycles. The lowest BCUT2D eigenvalue weighted by atomic mass is 10.2. The Kier molecular flexibility index (Phi) is 6.76. The topological polar surface area (TPSA) is 103 Å². The highest BCUT2D eigenvalue weighted by atomic mass is 16.5. The number of benzene rings is 2. The summed E-state index contributed by atoms with van der Waals surface area (Å²) >= 11 is 0. The van der Waals surface area contributed by atoms with Crippen molar-refractivity contribution < 1.29 is 28.6 Å². The van der Waals surface area contributed by atoms with Gasteiger partial charge in [0.25, 0.3) is 5.91 Å². The number of nitrogens with one attached hydrogen (secondary N) is 2. The van der Waals surface area contributed by atoms with Crippen molar-refractivity contribution in [2.45, 2.75) is 6.92 Å². The molecule has 0 fully saturated rings. The summed E-state index contributed by atoms with van der Waals surface area (Å²) in [7, 11) is 2.73. The summed E-state index contributed by atoms with van der Waals surface area (Å²) in [5, 5.41) is 5.28. The van der Waals surface area contributed by atoms with Crippen LogP contribution in [0.4, 0.5) is 11.4 Å². The highest BCUT2D eigenvalue weighted by molar-refractivity contribution is 5.96. The zero-order valence-corrected chi connectivity index (χ0v) is 15.2. The minimum Gasteiger partial charge on any atom is -0.495 e. The SMILES string of the molecule is COC(=O)c1ccccc1OCC(=O)Nc1cc(NC(C)=O)ccc1OC. The predicted molar refractivity (Wildman–Crippen MR) is 99.2 cm³/mol. The Balaban J connectivity index is 2.08. The molecule has 0 radical (unpaired) electrons. The van der Waals surface area contributed by atoms with Crippen molar-refractivity contribution in [1.82, 2.24) is 0 Å². The van der Waals surface area contributed by atoms with Gasteiger partial charge in [-0.05, 0) is 30.3 Å². The smallest absolute Gasteiger partial charge is 0.341 e. The molecular weight excluding hydrogens is 352 g/mol. The van der Waals surface area contributed by atoms with Gasteiger partial charge in [-0.1, -0.05) is 12.1 Å². The van der Waals surface area contributed by atoms with Crippen molar-refractivity contribution in [3.63, 3.8) is 0 Å². The number of carbonyl (C=O) groups is 3. The second-order valence-electron chi connectivity index (χ2n) is 5.42. The third-order valence-corrected chi connectivity index (χ3v) is 3.45. The van der Waals surface area contributed by atoms with E-state index in [0.29, 0.717) is 17.1 Å². The number of carbonyl (C=O) groups excluding carboxylic acids is 3. The second-order valence-corrected chi connectivity index (χ2v) is 5.42. The number of amides is 2. The molecule has 2 rings (SSSR count). The van der Waals surface area contributed by atoms with Crippen LogP contribution in [0.3, 0.4) is 0 Å². The number of ether oxygens (including phenoxy) is 3. The van der Waals surface area contributed by atoms with Gasteiger partial charge >= 0.3 is 5.97 Å². The minimum atomic E-state index is -0.560. The molecule has 8 heteroatoms. The lowest BCUT2D eigenvalue weighted by molar-refractivity contribution is -0.118. The summed E-state index contributed by atoms with van der Waals surface area (Å²) in [5.74, 6) is -0.602. The third-order valence-electron chi connectivity index (χ3n) is 3.45. The van der Waals surface area contributed by atoms with Gasteiger partial charge in [0.15, 0.2) is 6.61 Å². The molecule has 0 spiro atoms. The molecule has 142 valence electrons. The molecule has 2 aromatic carbocycles. The normalized spacial score (nSPS) is 9.89. The average Bonchev–Trinajstić information content (AvgIpc) is 2.65. The van der Waals surface area contributed by atoms with E-state index in [1.165, 1.54) is 21.1 Å². The molecular formula is C19H20N2O6. The molecule has 2 aromatic rings. The maximum atomic E-state index is 12.2. The lowest BCUT2D eigenvalue weighted by Gasteiger charge is -2.13. The van der Waals surface area contributed by atoms with Gasteiger partial charge in [-0.15, -0.1) is 0 Å². The number of hydrogen-bond acceptors (Lipinski definition) is 6. The minimum absolute atomic E-state index is 0.220. The van der Waals surface area contributed by atoms with Gasteiger partial charge < -0.3 is 24.8 Å². The van der Waals surface area contributed by atoms with Crippen LogP contribution < -0.4 is 20.1 Å². The Morgan fingerprint density at radius 3 is 2.37 bits per heavy atom. The summed E-state index contributed by atoms with van der Waals surface area (Å²) in [5.41, 5.74) is 1.10. The Morgan fingerprint density at radius 1 is 0.963 bits per heavy atom. The number of para-hydroxylation sites is 1. The molecule has 2 N–H and O–H groups in total. The summed E-state index contributed by atoms with van der Waals surface area (Å²) in [4.78, 5) is 35.2. The highest BCUT2D eigenvalue weighted by Crippen LogP contribution is 2.28. The molecule has 27 heavy (non-hydrogen) atoms. The quantitative estimate of drug-likeness (QED) is 0.724. The second kappa shape index (κ2) is 9.23. The largest absolute Gasteiger partial charge is 0.495 e. The molecule has 0 bridgehead atoms. The van der Waals surface area contributed by atoms with Gasteiger partial charge in [0.05, 0.1) is 19.9 Å². The maximum absolute atomic E-state index is 12.2.